The van der Waals surface area contributed by atoms with Gasteiger partial charge in [0, 0.05) is 60.3 Å². The van der Waals surface area contributed by atoms with Crippen LogP contribution in [0.3, 0.4) is 0 Å². The molecule has 1 aromatic carbocycles. The molecule has 1 aliphatic heterocycles. The summed E-state index contributed by atoms with van der Waals surface area (Å²) in [5.41, 5.74) is 4.46. The van der Waals surface area contributed by atoms with Gasteiger partial charge in [0.1, 0.15) is 11.7 Å². The molecule has 4 atom stereocenters. The van der Waals surface area contributed by atoms with Gasteiger partial charge >= 0.3 is 0 Å². The second kappa shape index (κ2) is 9.47. The molecule has 3 aromatic rings. The minimum absolute atomic E-state index is 0.212. The molecule has 2 aliphatic carbocycles. The van der Waals surface area contributed by atoms with E-state index in [1.807, 2.05) is 29.7 Å². The summed E-state index contributed by atoms with van der Waals surface area (Å²) < 4.78 is 29.8. The highest BCUT2D eigenvalue weighted by Crippen LogP contribution is 2.66. The van der Waals surface area contributed by atoms with Crippen LogP contribution in [0.5, 0.6) is 0 Å². The van der Waals surface area contributed by atoms with Gasteiger partial charge in [-0.1, -0.05) is 23.7 Å². The third-order valence-corrected chi connectivity index (χ3v) is 8.49. The van der Waals surface area contributed by atoms with Crippen molar-refractivity contribution < 1.29 is 18.4 Å². The predicted molar refractivity (Wildman–Crippen MR) is 140 cm³/mol. The number of carbonyl (C=O) groups excluding carboxylic acids is 2. The molecule has 3 N–H and O–H groups in total. The average Bonchev–Trinajstić information content (AvgIpc) is 3.30. The van der Waals surface area contributed by atoms with Crippen LogP contribution in [0.25, 0.3) is 11.1 Å². The first-order valence-electron chi connectivity index (χ1n) is 12.8. The number of aromatic nitrogens is 2. The van der Waals surface area contributed by atoms with Gasteiger partial charge in [-0.05, 0) is 61.6 Å². The van der Waals surface area contributed by atoms with E-state index in [1.54, 1.807) is 30.5 Å². The maximum atomic E-state index is 13.9. The molecule has 6 rings (SSSR count). The van der Waals surface area contributed by atoms with Crippen molar-refractivity contribution >= 4 is 29.1 Å². The lowest BCUT2D eigenvalue weighted by Crippen LogP contribution is -2.49. The quantitative estimate of drug-likeness (QED) is 0.426. The van der Waals surface area contributed by atoms with Crippen molar-refractivity contribution in [3.8, 4) is 11.1 Å². The second-order valence-electron chi connectivity index (χ2n) is 10.4. The van der Waals surface area contributed by atoms with Crippen LogP contribution in [0, 0.1) is 24.7 Å². The van der Waals surface area contributed by atoms with Crippen LogP contribution < -0.4 is 16.0 Å². The van der Waals surface area contributed by atoms with Gasteiger partial charge in [0.2, 0.25) is 5.91 Å². The third-order valence-electron chi connectivity index (χ3n) is 8.17. The van der Waals surface area contributed by atoms with Gasteiger partial charge in [0.25, 0.3) is 11.8 Å². The number of nitrogens with one attached hydrogen (secondary N) is 3. The Balaban J connectivity index is 1.21. The summed E-state index contributed by atoms with van der Waals surface area (Å²) in [7, 11) is 0. The van der Waals surface area contributed by atoms with E-state index in [2.05, 4.69) is 20.9 Å². The van der Waals surface area contributed by atoms with Gasteiger partial charge in [-0.15, -0.1) is 0 Å². The van der Waals surface area contributed by atoms with E-state index in [0.29, 0.717) is 29.5 Å². The Morgan fingerprint density at radius 3 is 2.58 bits per heavy atom. The summed E-state index contributed by atoms with van der Waals surface area (Å²) in [6, 6.07) is 11.6. The van der Waals surface area contributed by atoms with Gasteiger partial charge in [0.05, 0.1) is 5.02 Å². The molecular weight excluding hydrogens is 512 g/mol. The number of nitrogens with zero attached hydrogens (tertiary/aromatic N) is 2. The molecule has 2 amide bonds. The van der Waals surface area contributed by atoms with Gasteiger partial charge in [-0.2, -0.15) is 0 Å². The van der Waals surface area contributed by atoms with Crippen LogP contribution >= 0.6 is 11.6 Å². The number of anilines is 1. The molecule has 2 saturated carbocycles. The highest BCUT2D eigenvalue weighted by atomic mass is 35.5. The van der Waals surface area contributed by atoms with Crippen molar-refractivity contribution in [2.75, 3.05) is 11.9 Å². The van der Waals surface area contributed by atoms with E-state index >= 15 is 0 Å². The molecule has 0 radical (unpaired) electrons. The van der Waals surface area contributed by atoms with Gasteiger partial charge in [-0.25, -0.2) is 8.78 Å². The normalized spacial score (nSPS) is 23.7. The Hall–Kier alpha value is -3.30. The lowest BCUT2D eigenvalue weighted by Gasteiger charge is -2.27. The predicted octanol–water partition coefficient (Wildman–Crippen LogP) is 4.64. The zero-order valence-electron chi connectivity index (χ0n) is 20.8. The fourth-order valence-corrected chi connectivity index (χ4v) is 6.39. The Labute approximate surface area is 224 Å². The number of benzene rings is 1. The summed E-state index contributed by atoms with van der Waals surface area (Å²) in [5.74, 6) is -5.22. The van der Waals surface area contributed by atoms with Gasteiger partial charge in [-0.3, -0.25) is 14.6 Å². The average molecular weight is 540 g/mol. The monoisotopic (exact) mass is 539 g/mol. The maximum absolute atomic E-state index is 13.9. The number of fused-ring (bicyclic) bond motifs is 2. The Morgan fingerprint density at radius 2 is 1.87 bits per heavy atom. The number of hydrogen-bond donors (Lipinski definition) is 3. The number of carbonyl (C=O) groups is 2. The van der Waals surface area contributed by atoms with Crippen LogP contribution in [-0.4, -0.2) is 39.9 Å². The van der Waals surface area contributed by atoms with Gasteiger partial charge < -0.3 is 20.5 Å². The Kier molecular flexibility index (Phi) is 6.23. The fraction of sp³-hybridized carbons (Fsp3) is 0.393. The molecule has 0 spiro atoms. The van der Waals surface area contributed by atoms with Crippen molar-refractivity contribution in [2.24, 2.45) is 17.8 Å². The molecule has 7 nitrogen and oxygen atoms in total. The van der Waals surface area contributed by atoms with E-state index in [1.165, 1.54) is 0 Å². The number of alkyl halides is 2. The minimum atomic E-state index is -2.66. The van der Waals surface area contributed by atoms with E-state index in [-0.39, 0.29) is 24.7 Å². The smallest absolute Gasteiger partial charge is 0.268 e. The zero-order chi connectivity index (χ0) is 26.6. The Bertz CT molecular complexity index is 1370. The fourth-order valence-electron chi connectivity index (χ4n) is 6.09. The second-order valence-corrected chi connectivity index (χ2v) is 10.8. The summed E-state index contributed by atoms with van der Waals surface area (Å²) in [6.45, 7) is 3.93. The molecule has 0 saturated heterocycles. The molecule has 2 aromatic heterocycles. The summed E-state index contributed by atoms with van der Waals surface area (Å²) >= 11 is 6.36. The lowest BCUT2D eigenvalue weighted by molar-refractivity contribution is -0.119. The molecule has 3 heterocycles. The van der Waals surface area contributed by atoms with Crippen molar-refractivity contribution in [2.45, 2.75) is 44.8 Å². The molecule has 38 heavy (non-hydrogen) atoms. The number of amides is 2. The van der Waals surface area contributed by atoms with Crippen molar-refractivity contribution in [1.82, 2.24) is 20.2 Å². The van der Waals surface area contributed by atoms with Crippen molar-refractivity contribution in [3.05, 3.63) is 70.8 Å². The Morgan fingerprint density at radius 1 is 1.13 bits per heavy atom. The van der Waals surface area contributed by atoms with E-state index in [9.17, 15) is 18.4 Å². The van der Waals surface area contributed by atoms with Crippen LogP contribution in [0.1, 0.15) is 34.7 Å². The third kappa shape index (κ3) is 4.37. The highest BCUT2D eigenvalue weighted by Gasteiger charge is 2.72. The number of aryl methyl sites for hydroxylation is 1. The first-order valence-corrected chi connectivity index (χ1v) is 13.2. The number of halogens is 3. The molecule has 10 heteroatoms. The van der Waals surface area contributed by atoms with Crippen LogP contribution in [0.4, 0.5) is 14.5 Å². The van der Waals surface area contributed by atoms with Gasteiger partial charge in [0.15, 0.2) is 0 Å². The summed E-state index contributed by atoms with van der Waals surface area (Å²) in [5, 5.41) is 9.62. The number of pyridine rings is 1. The molecule has 3 aliphatic rings. The number of hydrogen-bond acceptors (Lipinski definition) is 4. The van der Waals surface area contributed by atoms with Crippen molar-refractivity contribution in [1.29, 1.82) is 0 Å². The molecule has 2 unspecified atom stereocenters. The highest BCUT2D eigenvalue weighted by molar-refractivity contribution is 6.33. The first kappa shape index (κ1) is 25.0. The molecule has 198 valence electrons. The molecular formula is C28H28ClF2N5O2. The van der Waals surface area contributed by atoms with E-state index in [4.69, 9.17) is 11.6 Å². The SMILES string of the molecule is Cc1nccc(Cl)c1-c1ccc(NC(=O)C(NC(=O)c2ccc3n2CCNC3)C2C[C@@H]3[C@H](C2)C3(F)F)cc1. The minimum Gasteiger partial charge on any atom is -0.339 e. The summed E-state index contributed by atoms with van der Waals surface area (Å²) in [4.78, 5) is 31.1. The van der Waals surface area contributed by atoms with E-state index < -0.39 is 29.7 Å². The van der Waals surface area contributed by atoms with Crippen molar-refractivity contribution in [3.63, 3.8) is 0 Å². The zero-order valence-corrected chi connectivity index (χ0v) is 21.6. The first-order chi connectivity index (χ1) is 18.2. The van der Waals surface area contributed by atoms with Crippen LogP contribution in [0.2, 0.25) is 5.02 Å². The lowest BCUT2D eigenvalue weighted by atomic mass is 9.92. The van der Waals surface area contributed by atoms with E-state index in [0.717, 1.165) is 29.1 Å². The number of rotatable bonds is 6. The maximum Gasteiger partial charge on any atom is 0.268 e. The van der Waals surface area contributed by atoms with Crippen LogP contribution in [0.15, 0.2) is 48.7 Å². The molecule has 2 fully saturated rings. The van der Waals surface area contributed by atoms with Crippen LogP contribution in [-0.2, 0) is 17.9 Å². The topological polar surface area (TPSA) is 88.1 Å². The largest absolute Gasteiger partial charge is 0.339 e. The standard InChI is InChI=1S/C28H28ClF2N5O2/c1-15-24(22(29)8-9-33-15)16-2-4-18(5-3-16)34-27(38)25(17-12-20-21(13-17)28(20,30)31)35-26(37)23-7-6-19-14-32-10-11-36(19)23/h2-9,17,20-21,25,32H,10-14H2,1H3,(H,34,38)(H,35,37)/t17?,20-,21+,25?. The summed E-state index contributed by atoms with van der Waals surface area (Å²) in [6.07, 6.45) is 2.07. The molecule has 0 bridgehead atoms.